The molecular formula is C17H19N3O. The number of hydrogen-bond donors (Lipinski definition) is 1. The maximum Gasteiger partial charge on any atom is 0.213 e. The van der Waals surface area contributed by atoms with Crippen LogP contribution in [-0.4, -0.2) is 18.6 Å². The van der Waals surface area contributed by atoms with Gasteiger partial charge in [0.2, 0.25) is 5.88 Å². The van der Waals surface area contributed by atoms with E-state index < -0.39 is 0 Å². The van der Waals surface area contributed by atoms with Gasteiger partial charge in [-0.3, -0.25) is 0 Å². The lowest BCUT2D eigenvalue weighted by Gasteiger charge is -2.17. The molecule has 0 aliphatic carbocycles. The van der Waals surface area contributed by atoms with Crippen molar-refractivity contribution < 1.29 is 4.74 Å². The van der Waals surface area contributed by atoms with Gasteiger partial charge >= 0.3 is 0 Å². The van der Waals surface area contributed by atoms with Crippen LogP contribution >= 0.6 is 0 Å². The molecular weight excluding hydrogens is 262 g/mol. The lowest BCUT2D eigenvalue weighted by molar-refractivity contribution is 0.397. The van der Waals surface area contributed by atoms with Gasteiger partial charge in [0, 0.05) is 12.3 Å². The summed E-state index contributed by atoms with van der Waals surface area (Å²) in [5, 5.41) is 9.24. The largest absolute Gasteiger partial charge is 0.481 e. The molecule has 1 aromatic heterocycles. The van der Waals surface area contributed by atoms with Crippen molar-refractivity contribution in [1.82, 2.24) is 4.98 Å². The molecule has 2 N–H and O–H groups in total. The van der Waals surface area contributed by atoms with E-state index in [0.29, 0.717) is 18.0 Å². The molecule has 0 aliphatic rings. The normalized spacial score (nSPS) is 11.7. The molecule has 0 amide bonds. The summed E-state index contributed by atoms with van der Waals surface area (Å²) in [5.41, 5.74) is 8.53. The van der Waals surface area contributed by atoms with Gasteiger partial charge in [-0.25, -0.2) is 4.98 Å². The van der Waals surface area contributed by atoms with Gasteiger partial charge in [-0.1, -0.05) is 30.3 Å². The van der Waals surface area contributed by atoms with E-state index in [0.717, 1.165) is 18.4 Å². The minimum absolute atomic E-state index is 0.287. The standard InChI is InChI=1S/C17H19N3O/c1-21-17-10-15(16(11-19)12-20-17)9-14(7-8-18)13-5-3-2-4-6-13/h2-6,10,12,14H,7-9,18H2,1H3. The second-order valence-electron chi connectivity index (χ2n) is 4.88. The molecule has 4 nitrogen and oxygen atoms in total. The number of nitriles is 1. The Bertz CT molecular complexity index is 620. The van der Waals surface area contributed by atoms with E-state index in [1.807, 2.05) is 24.3 Å². The van der Waals surface area contributed by atoms with E-state index >= 15 is 0 Å². The van der Waals surface area contributed by atoms with Crippen LogP contribution in [0.2, 0.25) is 0 Å². The molecule has 2 rings (SSSR count). The summed E-state index contributed by atoms with van der Waals surface area (Å²) in [6, 6.07) is 14.3. The number of aromatic nitrogens is 1. The fourth-order valence-electron chi connectivity index (χ4n) is 2.43. The van der Waals surface area contributed by atoms with E-state index in [4.69, 9.17) is 10.5 Å². The molecule has 1 heterocycles. The number of ether oxygens (including phenoxy) is 1. The van der Waals surface area contributed by atoms with Crippen molar-refractivity contribution in [1.29, 1.82) is 5.26 Å². The van der Waals surface area contributed by atoms with E-state index in [2.05, 4.69) is 23.2 Å². The highest BCUT2D eigenvalue weighted by molar-refractivity contribution is 5.39. The predicted octanol–water partition coefficient (Wildman–Crippen LogP) is 2.64. The van der Waals surface area contributed by atoms with Crippen LogP contribution in [-0.2, 0) is 6.42 Å². The molecule has 0 radical (unpaired) electrons. The molecule has 1 atom stereocenters. The van der Waals surface area contributed by atoms with Crippen LogP contribution in [0.15, 0.2) is 42.6 Å². The molecule has 1 unspecified atom stereocenters. The summed E-state index contributed by atoms with van der Waals surface area (Å²) in [7, 11) is 1.58. The average molecular weight is 281 g/mol. The van der Waals surface area contributed by atoms with Gasteiger partial charge in [-0.05, 0) is 36.4 Å². The Morgan fingerprint density at radius 3 is 2.71 bits per heavy atom. The third kappa shape index (κ3) is 3.80. The van der Waals surface area contributed by atoms with Gasteiger partial charge < -0.3 is 10.5 Å². The average Bonchev–Trinajstić information content (AvgIpc) is 2.55. The van der Waals surface area contributed by atoms with E-state index in [-0.39, 0.29) is 5.92 Å². The number of methoxy groups -OCH3 is 1. The minimum Gasteiger partial charge on any atom is -0.481 e. The smallest absolute Gasteiger partial charge is 0.213 e. The Morgan fingerprint density at radius 2 is 2.10 bits per heavy atom. The third-order valence-electron chi connectivity index (χ3n) is 3.55. The van der Waals surface area contributed by atoms with Crippen molar-refractivity contribution in [2.45, 2.75) is 18.8 Å². The monoisotopic (exact) mass is 281 g/mol. The minimum atomic E-state index is 0.287. The Morgan fingerprint density at radius 1 is 1.33 bits per heavy atom. The van der Waals surface area contributed by atoms with E-state index in [9.17, 15) is 5.26 Å². The van der Waals surface area contributed by atoms with Gasteiger partial charge in [0.1, 0.15) is 6.07 Å². The molecule has 108 valence electrons. The van der Waals surface area contributed by atoms with Gasteiger partial charge in [-0.15, -0.1) is 0 Å². The van der Waals surface area contributed by atoms with Crippen molar-refractivity contribution in [3.8, 4) is 11.9 Å². The number of hydrogen-bond acceptors (Lipinski definition) is 4. The van der Waals surface area contributed by atoms with E-state index in [1.165, 1.54) is 5.56 Å². The highest BCUT2D eigenvalue weighted by Gasteiger charge is 2.15. The van der Waals surface area contributed by atoms with Crippen molar-refractivity contribution in [3.05, 3.63) is 59.3 Å². The molecule has 0 bridgehead atoms. The lowest BCUT2D eigenvalue weighted by atomic mass is 9.88. The maximum atomic E-state index is 9.24. The first-order valence-electron chi connectivity index (χ1n) is 6.96. The fourth-order valence-corrected chi connectivity index (χ4v) is 2.43. The second kappa shape index (κ2) is 7.41. The molecule has 0 saturated heterocycles. The molecule has 0 spiro atoms. The van der Waals surface area contributed by atoms with Crippen LogP contribution in [0.25, 0.3) is 0 Å². The van der Waals surface area contributed by atoms with Crippen LogP contribution in [0.4, 0.5) is 0 Å². The highest BCUT2D eigenvalue weighted by Crippen LogP contribution is 2.26. The number of nitrogens with two attached hydrogens (primary N) is 1. The SMILES string of the molecule is COc1cc(CC(CCN)c2ccccc2)c(C#N)cn1. The number of benzene rings is 1. The molecule has 0 saturated carbocycles. The van der Waals surface area contributed by atoms with Crippen LogP contribution in [0, 0.1) is 11.3 Å². The summed E-state index contributed by atoms with van der Waals surface area (Å²) >= 11 is 0. The van der Waals surface area contributed by atoms with Gasteiger partial charge in [0.25, 0.3) is 0 Å². The first kappa shape index (κ1) is 15.0. The Labute approximate surface area is 125 Å². The van der Waals surface area contributed by atoms with Crippen LogP contribution in [0.1, 0.15) is 29.0 Å². The fraction of sp³-hybridized carbons (Fsp3) is 0.294. The van der Waals surface area contributed by atoms with Crippen LogP contribution in [0.3, 0.4) is 0 Å². The van der Waals surface area contributed by atoms with Gasteiger partial charge in [0.05, 0.1) is 12.7 Å². The van der Waals surface area contributed by atoms with Gasteiger partial charge in [0.15, 0.2) is 0 Å². The van der Waals surface area contributed by atoms with Crippen molar-refractivity contribution in [2.24, 2.45) is 5.73 Å². The summed E-state index contributed by atoms with van der Waals surface area (Å²) in [6.07, 6.45) is 3.20. The van der Waals surface area contributed by atoms with Crippen LogP contribution in [0.5, 0.6) is 5.88 Å². The third-order valence-corrected chi connectivity index (χ3v) is 3.55. The summed E-state index contributed by atoms with van der Waals surface area (Å²) in [4.78, 5) is 4.09. The molecule has 0 fully saturated rings. The van der Waals surface area contributed by atoms with Crippen molar-refractivity contribution in [2.75, 3.05) is 13.7 Å². The summed E-state index contributed by atoms with van der Waals surface area (Å²) in [6.45, 7) is 0.615. The molecule has 2 aromatic rings. The summed E-state index contributed by atoms with van der Waals surface area (Å²) in [5.74, 6) is 0.818. The number of nitrogens with zero attached hydrogens (tertiary/aromatic N) is 2. The topological polar surface area (TPSA) is 71.9 Å². The highest BCUT2D eigenvalue weighted by atomic mass is 16.5. The molecule has 4 heteroatoms. The summed E-state index contributed by atoms with van der Waals surface area (Å²) < 4.78 is 5.16. The lowest BCUT2D eigenvalue weighted by Crippen LogP contribution is -2.11. The van der Waals surface area contributed by atoms with Crippen molar-refractivity contribution in [3.63, 3.8) is 0 Å². The van der Waals surface area contributed by atoms with E-state index in [1.54, 1.807) is 13.3 Å². The Balaban J connectivity index is 2.31. The first-order valence-corrected chi connectivity index (χ1v) is 6.96. The molecule has 1 aromatic carbocycles. The number of pyridine rings is 1. The first-order chi connectivity index (χ1) is 10.3. The van der Waals surface area contributed by atoms with Crippen LogP contribution < -0.4 is 10.5 Å². The maximum absolute atomic E-state index is 9.24. The zero-order valence-electron chi connectivity index (χ0n) is 12.1. The zero-order chi connectivity index (χ0) is 15.1. The zero-order valence-corrected chi connectivity index (χ0v) is 12.1. The molecule has 0 aliphatic heterocycles. The van der Waals surface area contributed by atoms with Gasteiger partial charge in [-0.2, -0.15) is 5.26 Å². The Kier molecular flexibility index (Phi) is 5.30. The predicted molar refractivity (Wildman–Crippen MR) is 82.1 cm³/mol. The number of rotatable bonds is 6. The molecule has 21 heavy (non-hydrogen) atoms. The second-order valence-corrected chi connectivity index (χ2v) is 4.88. The van der Waals surface area contributed by atoms with Crippen molar-refractivity contribution >= 4 is 0 Å². The Hall–Kier alpha value is -2.38. The quantitative estimate of drug-likeness (QED) is 0.883.